The zero-order valence-electron chi connectivity index (χ0n) is 33.4. The molecule has 4 heteroatoms. The summed E-state index contributed by atoms with van der Waals surface area (Å²) in [5.41, 5.74) is 10.1. The van der Waals surface area contributed by atoms with Gasteiger partial charge >= 0.3 is 0 Å². The topological polar surface area (TPSA) is 15.5 Å². The molecule has 11 heterocycles. The molecule has 60 heavy (non-hydrogen) atoms. The third-order valence-corrected chi connectivity index (χ3v) is 12.3. The van der Waals surface area contributed by atoms with Crippen LogP contribution in [0.1, 0.15) is 44.5 Å². The fourth-order valence-corrected chi connectivity index (χ4v) is 9.16. The van der Waals surface area contributed by atoms with E-state index in [4.69, 9.17) is 0 Å². The molecule has 0 saturated heterocycles. The van der Waals surface area contributed by atoms with Crippen LogP contribution in [0.15, 0.2) is 195 Å². The fourth-order valence-electron chi connectivity index (χ4n) is 9.16. The molecule has 0 atom stereocenters. The second kappa shape index (κ2) is 15.3. The lowest BCUT2D eigenvalue weighted by molar-refractivity contribution is -0.688. The highest BCUT2D eigenvalue weighted by atomic mass is 14.9. The lowest BCUT2D eigenvalue weighted by Crippen LogP contribution is -2.34. The van der Waals surface area contributed by atoms with Gasteiger partial charge in [0.25, 0.3) is 0 Å². The Hall–Kier alpha value is -7.56. The zero-order valence-corrected chi connectivity index (χ0v) is 33.4. The highest BCUT2D eigenvalue weighted by Crippen LogP contribution is 2.34. The highest BCUT2D eigenvalue weighted by Gasteiger charge is 2.21. The molecule has 17 rings (SSSR count). The van der Waals surface area contributed by atoms with Gasteiger partial charge in [-0.3, -0.25) is 0 Å². The summed E-state index contributed by atoms with van der Waals surface area (Å²) in [5, 5.41) is 10.4. The number of hydrogen-bond acceptors (Lipinski definition) is 0. The Morgan fingerprint density at radius 3 is 0.550 bits per heavy atom. The van der Waals surface area contributed by atoms with E-state index >= 15 is 0 Å². The SMILES string of the molecule is C1=Cc2cc[n+](cc2)Cc2c3ccccc3c(c3ccccc23)C[n+]2ccc(cc2)C=Cc2cc[n+](cc2)Cc2c3ccccc3c(c3ccccc23)C[n+]2ccc1cc2. The Morgan fingerprint density at radius 2 is 0.383 bits per heavy atom. The lowest BCUT2D eigenvalue weighted by atomic mass is 9.91. The Balaban J connectivity index is 1.01. The van der Waals surface area contributed by atoms with Crippen LogP contribution >= 0.6 is 0 Å². The van der Waals surface area contributed by atoms with E-state index in [0.717, 1.165) is 26.2 Å². The van der Waals surface area contributed by atoms with Gasteiger partial charge in [0.05, 0.1) is 0 Å². The van der Waals surface area contributed by atoms with Crippen molar-refractivity contribution in [3.05, 3.63) is 240 Å². The van der Waals surface area contributed by atoms with Crippen molar-refractivity contribution >= 4 is 67.4 Å². The molecule has 0 unspecified atom stereocenters. The molecule has 0 aliphatic carbocycles. The summed E-state index contributed by atoms with van der Waals surface area (Å²) < 4.78 is 9.20. The van der Waals surface area contributed by atoms with E-state index in [9.17, 15) is 0 Å². The van der Waals surface area contributed by atoms with E-state index in [2.05, 4.69) is 238 Å². The van der Waals surface area contributed by atoms with E-state index in [0.29, 0.717) is 0 Å². The van der Waals surface area contributed by atoms with Gasteiger partial charge in [-0.1, -0.05) is 121 Å². The number of benzene rings is 6. The molecule has 0 N–H and O–H groups in total. The van der Waals surface area contributed by atoms with Crippen molar-refractivity contribution in [2.45, 2.75) is 26.2 Å². The molecule has 7 aliphatic heterocycles. The van der Waals surface area contributed by atoms with Crippen LogP contribution in [0.25, 0.3) is 67.4 Å². The fraction of sp³-hybridized carbons (Fsp3) is 0.0714. The van der Waals surface area contributed by atoms with Crippen LogP contribution < -0.4 is 18.3 Å². The number of hydrogen-bond donors (Lipinski definition) is 0. The number of aromatic nitrogens is 4. The van der Waals surface area contributed by atoms with Gasteiger partial charge in [-0.25, -0.2) is 18.3 Å². The molecule has 0 radical (unpaired) electrons. The molecule has 0 amide bonds. The van der Waals surface area contributed by atoms with Crippen molar-refractivity contribution in [1.82, 2.24) is 0 Å². The Morgan fingerprint density at radius 1 is 0.217 bits per heavy atom. The van der Waals surface area contributed by atoms with Crippen molar-refractivity contribution in [3.63, 3.8) is 0 Å². The van der Waals surface area contributed by atoms with Crippen molar-refractivity contribution in [2.24, 2.45) is 0 Å². The molecule has 12 bridgehead atoms. The van der Waals surface area contributed by atoms with Gasteiger partial charge in [-0.15, -0.1) is 0 Å². The predicted molar refractivity (Wildman–Crippen MR) is 244 cm³/mol. The monoisotopic (exact) mass is 772 g/mol. The summed E-state index contributed by atoms with van der Waals surface area (Å²) in [4.78, 5) is 0. The molecule has 10 aromatic rings. The van der Waals surface area contributed by atoms with Crippen molar-refractivity contribution in [2.75, 3.05) is 0 Å². The van der Waals surface area contributed by atoms with E-state index in [-0.39, 0.29) is 0 Å². The van der Waals surface area contributed by atoms with Crippen LogP contribution in [0.5, 0.6) is 0 Å². The summed E-state index contributed by atoms with van der Waals surface area (Å²) in [6.45, 7) is 3.14. The van der Waals surface area contributed by atoms with Crippen molar-refractivity contribution in [3.8, 4) is 0 Å². The first-order valence-corrected chi connectivity index (χ1v) is 20.9. The maximum absolute atomic E-state index is 2.30. The minimum atomic E-state index is 0.785. The summed E-state index contributed by atoms with van der Waals surface area (Å²) in [6.07, 6.45) is 26.5. The smallest absolute Gasteiger partial charge is 0.175 e. The average molecular weight is 773 g/mol. The maximum Gasteiger partial charge on any atom is 0.175 e. The molecule has 4 aromatic heterocycles. The second-order valence-corrected chi connectivity index (χ2v) is 16.0. The van der Waals surface area contributed by atoms with Gasteiger partial charge in [-0.05, 0) is 65.3 Å². The summed E-state index contributed by atoms with van der Waals surface area (Å²) in [7, 11) is 0. The van der Waals surface area contributed by atoms with Crippen LogP contribution in [-0.4, -0.2) is 0 Å². The second-order valence-electron chi connectivity index (χ2n) is 16.0. The van der Waals surface area contributed by atoms with Gasteiger partial charge in [0, 0.05) is 70.8 Å². The zero-order chi connectivity index (χ0) is 39.8. The average Bonchev–Trinajstić information content (AvgIpc) is 3.31. The number of rotatable bonds is 0. The van der Waals surface area contributed by atoms with Crippen molar-refractivity contribution < 1.29 is 18.3 Å². The predicted octanol–water partition coefficient (Wildman–Crippen LogP) is 10.3. The minimum absolute atomic E-state index is 0.785. The third-order valence-electron chi connectivity index (χ3n) is 12.3. The van der Waals surface area contributed by atoms with Gasteiger partial charge in [0.15, 0.2) is 75.8 Å². The van der Waals surface area contributed by atoms with E-state index < -0.39 is 0 Å². The van der Waals surface area contributed by atoms with Crippen LogP contribution in [0.3, 0.4) is 0 Å². The van der Waals surface area contributed by atoms with Gasteiger partial charge in [0.2, 0.25) is 0 Å². The first-order chi connectivity index (χ1) is 29.7. The number of nitrogens with zero attached hydrogens (tertiary/aromatic N) is 4. The summed E-state index contributed by atoms with van der Waals surface area (Å²) >= 11 is 0. The van der Waals surface area contributed by atoms with E-state index in [1.165, 1.54) is 87.6 Å². The Labute approximate surface area is 350 Å². The quantitative estimate of drug-likeness (QED) is 0.108. The standard InChI is InChI=1S/C56H44N4/c1-2-10-46-45(9-1)53-37-57-29-21-41(22-30-57)17-18-43-25-33-59(34-26-43)39-55-49-13-5-7-15-51(49)56(52-16-8-6-14-50(52)55)40-60-35-27-44(28-36-60)20-19-42-23-31-58(32-24-42)38-54(46)48-12-4-3-11-47(48)53/h1-36H,37-40H2/q+4. The molecule has 4 nitrogen and oxygen atoms in total. The Kier molecular flexibility index (Phi) is 9.08. The largest absolute Gasteiger partial charge is 0.201 e. The number of fused-ring (bicyclic) bond motifs is 2. The van der Waals surface area contributed by atoms with Crippen LogP contribution in [-0.2, 0) is 26.2 Å². The van der Waals surface area contributed by atoms with Gasteiger partial charge < -0.3 is 0 Å². The molecular weight excluding hydrogens is 729 g/mol. The summed E-state index contributed by atoms with van der Waals surface area (Å²) in [5.74, 6) is 0. The number of pyridine rings is 4. The van der Waals surface area contributed by atoms with Crippen LogP contribution in [0.4, 0.5) is 0 Å². The first-order valence-electron chi connectivity index (χ1n) is 20.9. The van der Waals surface area contributed by atoms with E-state index in [1.54, 1.807) is 0 Å². The molecule has 0 fully saturated rings. The molecule has 0 saturated carbocycles. The van der Waals surface area contributed by atoms with Gasteiger partial charge in [-0.2, -0.15) is 0 Å². The minimum Gasteiger partial charge on any atom is -0.201 e. The Bertz CT molecular complexity index is 2710. The van der Waals surface area contributed by atoms with Crippen LogP contribution in [0.2, 0.25) is 0 Å². The molecule has 284 valence electrons. The summed E-state index contributed by atoms with van der Waals surface area (Å²) in [6, 6.07) is 53.4. The van der Waals surface area contributed by atoms with Gasteiger partial charge in [0.1, 0.15) is 0 Å². The van der Waals surface area contributed by atoms with Crippen molar-refractivity contribution in [1.29, 1.82) is 0 Å². The van der Waals surface area contributed by atoms with E-state index in [1.807, 2.05) is 0 Å². The third kappa shape index (κ3) is 6.82. The highest BCUT2D eigenvalue weighted by molar-refractivity contribution is 6.06. The normalized spacial score (nSPS) is 12.9. The molecule has 0 spiro atoms. The molecule has 7 aliphatic rings. The molecular formula is C56H44N4+4. The molecule has 6 aromatic carbocycles. The maximum atomic E-state index is 2.30. The first kappa shape index (κ1) is 35.6. The van der Waals surface area contributed by atoms with Crippen LogP contribution in [0, 0.1) is 0 Å². The lowest BCUT2D eigenvalue weighted by Gasteiger charge is -2.14.